The minimum atomic E-state index is -4.09. The van der Waals surface area contributed by atoms with Gasteiger partial charge in [0.25, 0.3) is 10.0 Å². The molecule has 1 aromatic heterocycles. The highest BCUT2D eigenvalue weighted by molar-refractivity contribution is 7.92. The zero-order chi connectivity index (χ0) is 17.7. The second-order valence-corrected chi connectivity index (χ2v) is 6.91. The van der Waals surface area contributed by atoms with Crippen molar-refractivity contribution in [3.05, 3.63) is 53.6 Å². The number of aromatic nitrogens is 1. The molecule has 9 heteroatoms. The van der Waals surface area contributed by atoms with Gasteiger partial charge < -0.3 is 4.74 Å². The first-order valence-corrected chi connectivity index (χ1v) is 8.72. The van der Waals surface area contributed by atoms with Crippen LogP contribution in [-0.4, -0.2) is 32.5 Å². The van der Waals surface area contributed by atoms with E-state index < -0.39 is 28.5 Å². The van der Waals surface area contributed by atoms with Crippen molar-refractivity contribution < 1.29 is 22.3 Å². The Bertz CT molecular complexity index is 810. The van der Waals surface area contributed by atoms with E-state index in [1.165, 1.54) is 30.3 Å². The predicted octanol–water partition coefficient (Wildman–Crippen LogP) is 2.63. The van der Waals surface area contributed by atoms with Crippen LogP contribution in [-0.2, 0) is 19.6 Å². The van der Waals surface area contributed by atoms with Gasteiger partial charge in [0, 0.05) is 5.02 Å². The molecule has 0 fully saturated rings. The second kappa shape index (κ2) is 7.59. The molecule has 24 heavy (non-hydrogen) atoms. The summed E-state index contributed by atoms with van der Waals surface area (Å²) in [6.45, 7) is 1.15. The summed E-state index contributed by atoms with van der Waals surface area (Å²) in [5.74, 6) is -1.50. The Morgan fingerprint density at radius 3 is 2.46 bits per heavy atom. The molecule has 0 unspecified atom stereocenters. The molecule has 0 radical (unpaired) electrons. The van der Waals surface area contributed by atoms with E-state index in [0.29, 0.717) is 5.02 Å². The first-order valence-electron chi connectivity index (χ1n) is 6.90. The molecule has 0 aliphatic carbocycles. The van der Waals surface area contributed by atoms with Gasteiger partial charge in [-0.15, -0.1) is 0 Å². The van der Waals surface area contributed by atoms with E-state index in [0.717, 1.165) is 16.6 Å². The highest BCUT2D eigenvalue weighted by Gasteiger charge is 2.28. The fraction of sp³-hybridized carbons (Fsp3) is 0.200. The normalized spacial score (nSPS) is 11.1. The van der Waals surface area contributed by atoms with Gasteiger partial charge in [0.2, 0.25) is 5.95 Å². The van der Waals surface area contributed by atoms with Crippen molar-refractivity contribution >= 4 is 33.3 Å². The summed E-state index contributed by atoms with van der Waals surface area (Å²) in [7, 11) is -4.09. The Balaban J connectivity index is 2.45. The molecular formula is C15H14ClFN2O4S. The fourth-order valence-corrected chi connectivity index (χ4v) is 3.41. The van der Waals surface area contributed by atoms with Crippen LogP contribution in [0.2, 0.25) is 5.02 Å². The van der Waals surface area contributed by atoms with Crippen molar-refractivity contribution in [1.29, 1.82) is 0 Å². The Labute approximate surface area is 143 Å². The molecule has 0 spiro atoms. The van der Waals surface area contributed by atoms with Crippen molar-refractivity contribution in [2.45, 2.75) is 11.8 Å². The number of nitrogens with zero attached hydrogens (tertiary/aromatic N) is 2. The summed E-state index contributed by atoms with van der Waals surface area (Å²) in [5, 5.41) is 0.370. The maximum Gasteiger partial charge on any atom is 0.326 e. The summed E-state index contributed by atoms with van der Waals surface area (Å²) in [6, 6.07) is 7.68. The number of hydrogen-bond donors (Lipinski definition) is 0. The van der Waals surface area contributed by atoms with Crippen LogP contribution in [0, 0.1) is 5.95 Å². The highest BCUT2D eigenvalue weighted by Crippen LogP contribution is 2.24. The molecule has 2 aromatic rings. The number of carbonyl (C=O) groups excluding carboxylic acids is 1. The number of rotatable bonds is 6. The number of benzene rings is 1. The smallest absolute Gasteiger partial charge is 0.326 e. The van der Waals surface area contributed by atoms with E-state index in [9.17, 15) is 17.6 Å². The van der Waals surface area contributed by atoms with E-state index in [1.54, 1.807) is 6.92 Å². The van der Waals surface area contributed by atoms with Crippen LogP contribution in [0.15, 0.2) is 47.5 Å². The lowest BCUT2D eigenvalue weighted by molar-refractivity contribution is -0.141. The third kappa shape index (κ3) is 4.21. The number of halogens is 2. The molecule has 0 bridgehead atoms. The number of sulfonamides is 1. The van der Waals surface area contributed by atoms with Crippen LogP contribution in [0.4, 0.5) is 10.1 Å². The SMILES string of the molecule is CCOC(=O)CN(c1ccc(F)nc1)S(=O)(=O)c1ccc(Cl)cc1. The minimum absolute atomic E-state index is 0.0411. The molecule has 0 saturated carbocycles. The average molecular weight is 373 g/mol. The first kappa shape index (κ1) is 18.2. The van der Waals surface area contributed by atoms with Crippen LogP contribution < -0.4 is 4.31 Å². The van der Waals surface area contributed by atoms with E-state index in [4.69, 9.17) is 16.3 Å². The van der Waals surface area contributed by atoms with Crippen LogP contribution >= 0.6 is 11.6 Å². The lowest BCUT2D eigenvalue weighted by Crippen LogP contribution is -2.36. The average Bonchev–Trinajstić information content (AvgIpc) is 2.54. The van der Waals surface area contributed by atoms with Crippen molar-refractivity contribution in [2.75, 3.05) is 17.5 Å². The van der Waals surface area contributed by atoms with Crippen molar-refractivity contribution in [3.8, 4) is 0 Å². The number of anilines is 1. The molecule has 1 aromatic carbocycles. The van der Waals surface area contributed by atoms with Gasteiger partial charge in [-0.3, -0.25) is 9.10 Å². The van der Waals surface area contributed by atoms with Gasteiger partial charge in [0.15, 0.2) is 0 Å². The summed E-state index contributed by atoms with van der Waals surface area (Å²) in [4.78, 5) is 15.1. The summed E-state index contributed by atoms with van der Waals surface area (Å²) >= 11 is 5.77. The summed E-state index contributed by atoms with van der Waals surface area (Å²) < 4.78 is 44.3. The standard InChI is InChI=1S/C15H14ClFN2O4S/c1-2-23-15(20)10-19(12-5-8-14(17)18-9-12)24(21,22)13-6-3-11(16)4-7-13/h3-9H,2,10H2,1H3. The molecule has 1 heterocycles. The number of hydrogen-bond acceptors (Lipinski definition) is 5. The summed E-state index contributed by atoms with van der Waals surface area (Å²) in [5.41, 5.74) is 0.0411. The third-order valence-corrected chi connectivity index (χ3v) is 5.02. The molecule has 0 aliphatic heterocycles. The Hall–Kier alpha value is -2.19. The maximum atomic E-state index is 13.0. The Kier molecular flexibility index (Phi) is 5.74. The van der Waals surface area contributed by atoms with Crippen molar-refractivity contribution in [3.63, 3.8) is 0 Å². The van der Waals surface area contributed by atoms with E-state index in [1.807, 2.05) is 0 Å². The topological polar surface area (TPSA) is 76.6 Å². The minimum Gasteiger partial charge on any atom is -0.465 e. The summed E-state index contributed by atoms with van der Waals surface area (Å²) in [6.07, 6.45) is 1.03. The van der Waals surface area contributed by atoms with Gasteiger partial charge in [-0.05, 0) is 43.3 Å². The Morgan fingerprint density at radius 2 is 1.92 bits per heavy atom. The molecule has 0 saturated heterocycles. The molecule has 128 valence electrons. The van der Waals surface area contributed by atoms with E-state index >= 15 is 0 Å². The zero-order valence-electron chi connectivity index (χ0n) is 12.6. The molecule has 0 N–H and O–H groups in total. The molecule has 0 aliphatic rings. The van der Waals surface area contributed by atoms with Crippen LogP contribution in [0.1, 0.15) is 6.92 Å². The van der Waals surface area contributed by atoms with Crippen LogP contribution in [0.25, 0.3) is 0 Å². The monoisotopic (exact) mass is 372 g/mol. The predicted molar refractivity (Wildman–Crippen MR) is 86.8 cm³/mol. The highest BCUT2D eigenvalue weighted by atomic mass is 35.5. The largest absolute Gasteiger partial charge is 0.465 e. The van der Waals surface area contributed by atoms with Crippen molar-refractivity contribution in [1.82, 2.24) is 4.98 Å². The maximum absolute atomic E-state index is 13.0. The number of esters is 1. The van der Waals surface area contributed by atoms with Gasteiger partial charge in [-0.2, -0.15) is 4.39 Å². The first-order chi connectivity index (χ1) is 11.3. The lowest BCUT2D eigenvalue weighted by atomic mass is 10.4. The van der Waals surface area contributed by atoms with Gasteiger partial charge >= 0.3 is 5.97 Å². The molecule has 0 atom stereocenters. The van der Waals surface area contributed by atoms with Gasteiger partial charge in [-0.25, -0.2) is 13.4 Å². The number of carbonyl (C=O) groups is 1. The molecular weight excluding hydrogens is 359 g/mol. The van der Waals surface area contributed by atoms with E-state index in [-0.39, 0.29) is 17.2 Å². The molecule has 0 amide bonds. The quantitative estimate of drug-likeness (QED) is 0.575. The number of ether oxygens (including phenoxy) is 1. The second-order valence-electron chi connectivity index (χ2n) is 4.61. The fourth-order valence-electron chi connectivity index (χ4n) is 1.89. The Morgan fingerprint density at radius 1 is 1.25 bits per heavy atom. The van der Waals surface area contributed by atoms with Crippen molar-refractivity contribution in [2.24, 2.45) is 0 Å². The van der Waals surface area contributed by atoms with Gasteiger partial charge in [0.05, 0.1) is 23.4 Å². The van der Waals surface area contributed by atoms with Gasteiger partial charge in [0.1, 0.15) is 6.54 Å². The lowest BCUT2D eigenvalue weighted by Gasteiger charge is -2.23. The molecule has 2 rings (SSSR count). The number of pyridine rings is 1. The van der Waals surface area contributed by atoms with Crippen LogP contribution in [0.5, 0.6) is 0 Å². The molecule has 6 nitrogen and oxygen atoms in total. The van der Waals surface area contributed by atoms with Crippen LogP contribution in [0.3, 0.4) is 0 Å². The van der Waals surface area contributed by atoms with Gasteiger partial charge in [-0.1, -0.05) is 11.6 Å². The van der Waals surface area contributed by atoms with E-state index in [2.05, 4.69) is 4.98 Å². The third-order valence-electron chi connectivity index (χ3n) is 2.98. The zero-order valence-corrected chi connectivity index (χ0v) is 14.2.